The van der Waals surface area contributed by atoms with E-state index in [0.717, 1.165) is 55.3 Å². The number of ether oxygens (including phenoxy) is 2. The second-order valence-corrected chi connectivity index (χ2v) is 12.2. The van der Waals surface area contributed by atoms with E-state index in [4.69, 9.17) is 9.47 Å². The lowest BCUT2D eigenvalue weighted by atomic mass is 9.60. The summed E-state index contributed by atoms with van der Waals surface area (Å²) in [4.78, 5) is 12.8. The van der Waals surface area contributed by atoms with Crippen LogP contribution >= 0.6 is 0 Å². The van der Waals surface area contributed by atoms with Gasteiger partial charge < -0.3 is 9.47 Å². The zero-order chi connectivity index (χ0) is 26.0. The smallest absolute Gasteiger partial charge is 0.314 e. The summed E-state index contributed by atoms with van der Waals surface area (Å²) in [5.41, 5.74) is 0. The lowest BCUT2D eigenvalue weighted by molar-refractivity contribution is -0.140. The third-order valence-electron chi connectivity index (χ3n) is 9.73. The maximum Gasteiger partial charge on any atom is 0.314 e. The van der Waals surface area contributed by atoms with Crippen molar-refractivity contribution in [2.45, 2.75) is 110 Å². The summed E-state index contributed by atoms with van der Waals surface area (Å²) in [7, 11) is 0. The molecule has 0 spiro atoms. The van der Waals surface area contributed by atoms with Gasteiger partial charge >= 0.3 is 5.97 Å². The van der Waals surface area contributed by atoms with Crippen LogP contribution in [0.3, 0.4) is 0 Å². The normalized spacial score (nSPS) is 29.8. The molecule has 0 heterocycles. The van der Waals surface area contributed by atoms with E-state index in [0.29, 0.717) is 12.4 Å². The van der Waals surface area contributed by atoms with Crippen molar-refractivity contribution in [2.75, 3.05) is 6.61 Å². The van der Waals surface area contributed by atoms with Gasteiger partial charge in [-0.2, -0.15) is 0 Å². The predicted octanol–water partition coefficient (Wildman–Crippen LogP) is 9.30. The molecule has 37 heavy (non-hydrogen) atoms. The molecule has 0 bridgehead atoms. The van der Waals surface area contributed by atoms with Gasteiger partial charge in [0.05, 0.1) is 5.92 Å². The largest absolute Gasteiger partial charge is 0.489 e. The second-order valence-electron chi connectivity index (χ2n) is 12.2. The van der Waals surface area contributed by atoms with Crippen molar-refractivity contribution in [2.24, 2.45) is 35.5 Å². The fourth-order valence-corrected chi connectivity index (χ4v) is 7.58. The van der Waals surface area contributed by atoms with Crippen LogP contribution in [0.1, 0.15) is 110 Å². The number of hydrogen-bond acceptors (Lipinski definition) is 3. The second kappa shape index (κ2) is 14.4. The third-order valence-corrected chi connectivity index (χ3v) is 9.73. The summed E-state index contributed by atoms with van der Waals surface area (Å²) >= 11 is 0. The molecular weight excluding hydrogens is 463 g/mol. The fraction of sp³-hybridized carbons (Fsp3) is 0.727. The number of carbonyl (C=O) groups is 1. The zero-order valence-electron chi connectivity index (χ0n) is 23.1. The van der Waals surface area contributed by atoms with E-state index < -0.39 is 5.82 Å². The van der Waals surface area contributed by atoms with Gasteiger partial charge in [-0.15, -0.1) is 0 Å². The monoisotopic (exact) mass is 512 g/mol. The fourth-order valence-electron chi connectivity index (χ4n) is 7.58. The number of rotatable bonds is 12. The Bertz CT molecular complexity index is 859. The van der Waals surface area contributed by atoms with Crippen LogP contribution in [0.25, 0.3) is 0 Å². The number of fused-ring (bicyclic) bond motifs is 1. The number of benzene rings is 1. The van der Waals surface area contributed by atoms with Gasteiger partial charge in [0.25, 0.3) is 0 Å². The Morgan fingerprint density at radius 2 is 1.59 bits per heavy atom. The van der Waals surface area contributed by atoms with Crippen molar-refractivity contribution in [1.82, 2.24) is 0 Å². The molecule has 0 aromatic heterocycles. The zero-order valence-corrected chi connectivity index (χ0v) is 23.1. The van der Waals surface area contributed by atoms with E-state index in [1.54, 1.807) is 12.1 Å². The first kappa shape index (κ1) is 28.2. The molecule has 1 aromatic rings. The van der Waals surface area contributed by atoms with Gasteiger partial charge in [-0.05, 0) is 99.5 Å². The van der Waals surface area contributed by atoms with Gasteiger partial charge in [0.2, 0.25) is 0 Å². The summed E-state index contributed by atoms with van der Waals surface area (Å²) in [6.45, 7) is 6.19. The quantitative estimate of drug-likeness (QED) is 0.121. The Morgan fingerprint density at radius 3 is 2.32 bits per heavy atom. The highest BCUT2D eigenvalue weighted by Gasteiger charge is 2.39. The summed E-state index contributed by atoms with van der Waals surface area (Å²) in [5.74, 6) is 3.93. The number of halogens is 1. The van der Waals surface area contributed by atoms with Crippen LogP contribution in [-0.4, -0.2) is 12.6 Å². The minimum absolute atomic E-state index is 0.00652. The first-order chi connectivity index (χ1) is 18.1. The summed E-state index contributed by atoms with van der Waals surface area (Å²) in [6, 6.07) is 4.38. The van der Waals surface area contributed by atoms with E-state index in [1.807, 2.05) is 0 Å². The molecule has 3 fully saturated rings. The maximum atomic E-state index is 14.4. The molecule has 4 rings (SSSR count). The molecule has 0 N–H and O–H groups in total. The van der Waals surface area contributed by atoms with Crippen molar-refractivity contribution in [1.29, 1.82) is 0 Å². The third kappa shape index (κ3) is 8.07. The minimum atomic E-state index is -0.563. The molecule has 206 valence electrons. The number of hydrogen-bond donors (Lipinski definition) is 0. The Labute approximate surface area is 224 Å². The van der Waals surface area contributed by atoms with Gasteiger partial charge in [-0.1, -0.05) is 64.5 Å². The van der Waals surface area contributed by atoms with Crippen LogP contribution in [0.15, 0.2) is 30.9 Å². The predicted molar refractivity (Wildman–Crippen MR) is 148 cm³/mol. The summed E-state index contributed by atoms with van der Waals surface area (Å²) in [6.07, 6.45) is 22.7. The molecule has 4 heteroatoms. The Morgan fingerprint density at radius 1 is 0.919 bits per heavy atom. The first-order valence-electron chi connectivity index (χ1n) is 15.3. The van der Waals surface area contributed by atoms with Crippen LogP contribution in [0.2, 0.25) is 0 Å². The van der Waals surface area contributed by atoms with Crippen molar-refractivity contribution < 1.29 is 18.7 Å². The number of unbranched alkanes of at least 4 members (excludes halogenated alkanes) is 4. The van der Waals surface area contributed by atoms with Crippen molar-refractivity contribution >= 4 is 5.97 Å². The van der Waals surface area contributed by atoms with Crippen molar-refractivity contribution in [3.05, 3.63) is 36.7 Å². The molecule has 1 aromatic carbocycles. The molecule has 4 atom stereocenters. The topological polar surface area (TPSA) is 35.5 Å². The van der Waals surface area contributed by atoms with Gasteiger partial charge in [0.15, 0.2) is 11.6 Å². The average Bonchev–Trinajstić information content (AvgIpc) is 2.93. The molecule has 4 unspecified atom stereocenters. The van der Waals surface area contributed by atoms with Crippen LogP contribution in [0.5, 0.6) is 11.5 Å². The van der Waals surface area contributed by atoms with Gasteiger partial charge in [0, 0.05) is 6.07 Å². The SMILES string of the molecule is C=CCOc1ccc(OC(=O)C2CCC(C3CCC4CC(CCCCCCC)CCC4C3)CC2)c(F)c1. The van der Waals surface area contributed by atoms with Crippen LogP contribution in [0, 0.1) is 41.3 Å². The van der Waals surface area contributed by atoms with E-state index in [1.165, 1.54) is 89.2 Å². The molecular formula is C33H49FO3. The highest BCUT2D eigenvalue weighted by molar-refractivity contribution is 5.75. The lowest BCUT2D eigenvalue weighted by Crippen LogP contribution is -2.35. The van der Waals surface area contributed by atoms with E-state index >= 15 is 0 Å². The van der Waals surface area contributed by atoms with E-state index in [9.17, 15) is 9.18 Å². The van der Waals surface area contributed by atoms with Gasteiger partial charge in [0.1, 0.15) is 12.4 Å². The molecule has 3 saturated carbocycles. The lowest BCUT2D eigenvalue weighted by Gasteiger charge is -2.45. The standard InChI is InChI=1S/C33H49FO3/c1-3-5-6-7-8-9-24-10-11-29-22-28(17-16-27(29)21-24)25-12-14-26(15-13-25)33(35)37-32-19-18-30(23-31(32)34)36-20-4-2/h4,18-19,23-29H,2-3,5-17,20-22H2,1H3. The molecule has 0 aliphatic heterocycles. The molecule has 3 aliphatic carbocycles. The van der Waals surface area contributed by atoms with Crippen molar-refractivity contribution in [3.8, 4) is 11.5 Å². The van der Waals surface area contributed by atoms with Crippen molar-refractivity contribution in [3.63, 3.8) is 0 Å². The Balaban J connectivity index is 1.17. The van der Waals surface area contributed by atoms with E-state index in [-0.39, 0.29) is 17.6 Å². The molecule has 0 radical (unpaired) electrons. The summed E-state index contributed by atoms with van der Waals surface area (Å²) < 4.78 is 25.2. The Hall–Kier alpha value is -1.84. The van der Waals surface area contributed by atoms with Gasteiger partial charge in [-0.3, -0.25) is 4.79 Å². The first-order valence-corrected chi connectivity index (χ1v) is 15.3. The average molecular weight is 513 g/mol. The highest BCUT2D eigenvalue weighted by Crippen LogP contribution is 2.49. The molecule has 3 nitrogen and oxygen atoms in total. The number of esters is 1. The molecule has 0 saturated heterocycles. The van der Waals surface area contributed by atoms with Crippen LogP contribution in [0.4, 0.5) is 4.39 Å². The van der Waals surface area contributed by atoms with E-state index in [2.05, 4.69) is 13.5 Å². The van der Waals surface area contributed by atoms with Crippen LogP contribution < -0.4 is 9.47 Å². The van der Waals surface area contributed by atoms with Crippen LogP contribution in [-0.2, 0) is 4.79 Å². The molecule has 0 amide bonds. The summed E-state index contributed by atoms with van der Waals surface area (Å²) in [5, 5.41) is 0. The highest BCUT2D eigenvalue weighted by atomic mass is 19.1. The number of carbonyl (C=O) groups excluding carboxylic acids is 1. The molecule has 3 aliphatic rings. The minimum Gasteiger partial charge on any atom is -0.489 e. The Kier molecular flexibility index (Phi) is 10.9. The van der Waals surface area contributed by atoms with Gasteiger partial charge in [-0.25, -0.2) is 4.39 Å². The maximum absolute atomic E-state index is 14.4.